The summed E-state index contributed by atoms with van der Waals surface area (Å²) in [4.78, 5) is 8.90. The molecule has 0 aromatic heterocycles. The van der Waals surface area contributed by atoms with Crippen LogP contribution in [-0.4, -0.2) is 31.5 Å². The van der Waals surface area contributed by atoms with Gasteiger partial charge in [0.1, 0.15) is 11.5 Å². The average molecular weight is 397 g/mol. The zero-order valence-corrected chi connectivity index (χ0v) is 15.7. The topological polar surface area (TPSA) is 67.8 Å². The molecule has 2 N–H and O–H groups in total. The Morgan fingerprint density at radius 3 is 2.36 bits per heavy atom. The fraction of sp³-hybridized carbons (Fsp3) is 0.350. The molecule has 2 unspecified atom stereocenters. The molecule has 0 spiro atoms. The number of carbonyl (C=O) groups is 1. The standard InChI is InChI=1S/C18H21NO2.C2HF3O2/c1-12(15-9-8-14(20-2)11-18(15)21-3)19-17-10-13-6-4-5-7-16(13)17;3-2(4,5)1(6)7/h4-9,11-12,17,19H,10H2,1-3H3;(H,6,7). The Kier molecular flexibility index (Phi) is 6.90. The number of halogens is 3. The quantitative estimate of drug-likeness (QED) is 0.788. The summed E-state index contributed by atoms with van der Waals surface area (Å²) in [5.74, 6) is -1.08. The van der Waals surface area contributed by atoms with Gasteiger partial charge in [-0.1, -0.05) is 30.3 Å². The van der Waals surface area contributed by atoms with Crippen molar-refractivity contribution in [3.63, 3.8) is 0 Å². The molecule has 1 aliphatic carbocycles. The van der Waals surface area contributed by atoms with Crippen molar-refractivity contribution in [1.82, 2.24) is 5.32 Å². The Morgan fingerprint density at radius 1 is 1.18 bits per heavy atom. The van der Waals surface area contributed by atoms with Gasteiger partial charge in [0.25, 0.3) is 0 Å². The van der Waals surface area contributed by atoms with Crippen molar-refractivity contribution >= 4 is 5.97 Å². The van der Waals surface area contributed by atoms with E-state index in [1.54, 1.807) is 14.2 Å². The summed E-state index contributed by atoms with van der Waals surface area (Å²) in [6.45, 7) is 2.17. The van der Waals surface area contributed by atoms with Crippen LogP contribution in [0.3, 0.4) is 0 Å². The molecule has 28 heavy (non-hydrogen) atoms. The number of rotatable bonds is 5. The molecule has 0 radical (unpaired) electrons. The molecule has 0 bridgehead atoms. The number of fused-ring (bicyclic) bond motifs is 1. The third-order valence-corrected chi connectivity index (χ3v) is 4.46. The van der Waals surface area contributed by atoms with Crippen LogP contribution in [-0.2, 0) is 11.2 Å². The minimum atomic E-state index is -5.08. The number of alkyl halides is 3. The second kappa shape index (κ2) is 8.97. The fourth-order valence-corrected chi connectivity index (χ4v) is 2.98. The van der Waals surface area contributed by atoms with Gasteiger partial charge in [-0.15, -0.1) is 0 Å². The first-order valence-corrected chi connectivity index (χ1v) is 8.53. The minimum Gasteiger partial charge on any atom is -0.497 e. The SMILES string of the molecule is COc1ccc(C(C)NC2Cc3ccccc32)c(OC)c1.O=C(O)C(F)(F)F. The number of methoxy groups -OCH3 is 2. The maximum Gasteiger partial charge on any atom is 0.490 e. The van der Waals surface area contributed by atoms with E-state index >= 15 is 0 Å². The fourth-order valence-electron chi connectivity index (χ4n) is 2.98. The van der Waals surface area contributed by atoms with Gasteiger partial charge in [0.2, 0.25) is 0 Å². The summed E-state index contributed by atoms with van der Waals surface area (Å²) >= 11 is 0. The Morgan fingerprint density at radius 2 is 1.82 bits per heavy atom. The zero-order chi connectivity index (χ0) is 20.9. The Labute approximate surface area is 161 Å². The normalized spacial score (nSPS) is 16.0. The van der Waals surface area contributed by atoms with Gasteiger partial charge >= 0.3 is 12.1 Å². The van der Waals surface area contributed by atoms with E-state index < -0.39 is 12.1 Å². The minimum absolute atomic E-state index is 0.226. The van der Waals surface area contributed by atoms with Crippen LogP contribution in [0.2, 0.25) is 0 Å². The molecule has 0 heterocycles. The molecule has 2 aromatic carbocycles. The van der Waals surface area contributed by atoms with Gasteiger partial charge in [-0.05, 0) is 30.5 Å². The summed E-state index contributed by atoms with van der Waals surface area (Å²) in [5.41, 5.74) is 4.02. The highest BCUT2D eigenvalue weighted by Gasteiger charge is 2.38. The molecule has 1 aliphatic rings. The summed E-state index contributed by atoms with van der Waals surface area (Å²) < 4.78 is 42.5. The molecule has 0 aliphatic heterocycles. The molecule has 2 aromatic rings. The van der Waals surface area contributed by atoms with E-state index in [2.05, 4.69) is 42.6 Å². The maximum atomic E-state index is 10.6. The molecule has 0 saturated heterocycles. The number of carboxylic acids is 1. The Balaban J connectivity index is 0.000000345. The molecule has 0 saturated carbocycles. The number of benzene rings is 2. The van der Waals surface area contributed by atoms with E-state index in [9.17, 15) is 13.2 Å². The predicted octanol–water partition coefficient (Wildman–Crippen LogP) is 4.29. The van der Waals surface area contributed by atoms with Gasteiger partial charge in [-0.3, -0.25) is 0 Å². The summed E-state index contributed by atoms with van der Waals surface area (Å²) in [5, 5.41) is 10.8. The molecule has 0 fully saturated rings. The predicted molar refractivity (Wildman–Crippen MR) is 97.7 cm³/mol. The lowest BCUT2D eigenvalue weighted by Gasteiger charge is -2.33. The first kappa shape index (κ1) is 21.6. The molecule has 3 rings (SSSR count). The summed E-state index contributed by atoms with van der Waals surface area (Å²) in [6.07, 6.45) is -3.99. The van der Waals surface area contributed by atoms with Crippen LogP contribution in [0.25, 0.3) is 0 Å². The van der Waals surface area contributed by atoms with E-state index in [1.807, 2.05) is 12.1 Å². The van der Waals surface area contributed by atoms with E-state index in [0.717, 1.165) is 23.5 Å². The van der Waals surface area contributed by atoms with E-state index in [0.29, 0.717) is 6.04 Å². The number of hydrogen-bond donors (Lipinski definition) is 2. The van der Waals surface area contributed by atoms with Crippen molar-refractivity contribution in [3.8, 4) is 11.5 Å². The number of hydrogen-bond acceptors (Lipinski definition) is 4. The summed E-state index contributed by atoms with van der Waals surface area (Å²) in [7, 11) is 3.37. The lowest BCUT2D eigenvalue weighted by atomic mass is 9.83. The van der Waals surface area contributed by atoms with Gasteiger partial charge in [0, 0.05) is 23.7 Å². The van der Waals surface area contributed by atoms with Crippen LogP contribution in [0, 0.1) is 0 Å². The van der Waals surface area contributed by atoms with Crippen molar-refractivity contribution in [2.75, 3.05) is 14.2 Å². The molecule has 152 valence electrons. The van der Waals surface area contributed by atoms with Crippen LogP contribution in [0.5, 0.6) is 11.5 Å². The van der Waals surface area contributed by atoms with Gasteiger partial charge in [0.15, 0.2) is 0 Å². The second-order valence-electron chi connectivity index (χ2n) is 6.25. The molecule has 0 amide bonds. The van der Waals surface area contributed by atoms with Crippen molar-refractivity contribution < 1.29 is 32.5 Å². The van der Waals surface area contributed by atoms with Crippen molar-refractivity contribution in [3.05, 3.63) is 59.2 Å². The largest absolute Gasteiger partial charge is 0.497 e. The van der Waals surface area contributed by atoms with Crippen LogP contribution in [0.15, 0.2) is 42.5 Å². The van der Waals surface area contributed by atoms with Gasteiger partial charge in [-0.2, -0.15) is 13.2 Å². The lowest BCUT2D eigenvalue weighted by Crippen LogP contribution is -2.33. The first-order valence-electron chi connectivity index (χ1n) is 8.53. The molecule has 2 atom stereocenters. The van der Waals surface area contributed by atoms with Crippen molar-refractivity contribution in [1.29, 1.82) is 0 Å². The zero-order valence-electron chi connectivity index (χ0n) is 15.7. The number of ether oxygens (including phenoxy) is 2. The van der Waals surface area contributed by atoms with Gasteiger partial charge in [-0.25, -0.2) is 4.79 Å². The third kappa shape index (κ3) is 5.16. The Hall–Kier alpha value is -2.74. The van der Waals surface area contributed by atoms with Crippen molar-refractivity contribution in [2.24, 2.45) is 0 Å². The van der Waals surface area contributed by atoms with E-state index in [4.69, 9.17) is 19.4 Å². The van der Waals surface area contributed by atoms with Gasteiger partial charge < -0.3 is 19.9 Å². The number of carboxylic acid groups (broad SMARTS) is 1. The number of aliphatic carboxylic acids is 1. The van der Waals surface area contributed by atoms with E-state index in [-0.39, 0.29) is 6.04 Å². The van der Waals surface area contributed by atoms with Gasteiger partial charge in [0.05, 0.1) is 14.2 Å². The van der Waals surface area contributed by atoms with E-state index in [1.165, 1.54) is 11.1 Å². The van der Waals surface area contributed by atoms with Crippen LogP contribution in [0.1, 0.15) is 35.7 Å². The second-order valence-corrected chi connectivity index (χ2v) is 6.25. The summed E-state index contributed by atoms with van der Waals surface area (Å²) in [6, 6.07) is 15.2. The lowest BCUT2D eigenvalue weighted by molar-refractivity contribution is -0.192. The third-order valence-electron chi connectivity index (χ3n) is 4.46. The average Bonchev–Trinajstić information content (AvgIpc) is 2.65. The maximum absolute atomic E-state index is 10.6. The highest BCUT2D eigenvalue weighted by atomic mass is 19.4. The highest BCUT2D eigenvalue weighted by Crippen LogP contribution is 2.36. The Bertz CT molecular complexity index is 823. The van der Waals surface area contributed by atoms with Crippen molar-refractivity contribution in [2.45, 2.75) is 31.6 Å². The molecular formula is C20H22F3NO4. The molecule has 8 heteroatoms. The molecular weight excluding hydrogens is 375 g/mol. The van der Waals surface area contributed by atoms with Crippen LogP contribution in [0.4, 0.5) is 13.2 Å². The number of nitrogens with one attached hydrogen (secondary N) is 1. The van der Waals surface area contributed by atoms with Crippen LogP contribution < -0.4 is 14.8 Å². The van der Waals surface area contributed by atoms with Crippen LogP contribution >= 0.6 is 0 Å². The first-order chi connectivity index (χ1) is 13.2. The monoisotopic (exact) mass is 397 g/mol. The molecule has 5 nitrogen and oxygen atoms in total. The highest BCUT2D eigenvalue weighted by molar-refractivity contribution is 5.73. The smallest absolute Gasteiger partial charge is 0.490 e.